The van der Waals surface area contributed by atoms with E-state index in [0.717, 1.165) is 28.4 Å². The molecule has 2 rings (SSSR count). The number of aromatic nitrogens is 2. The second-order valence-corrected chi connectivity index (χ2v) is 5.69. The fourth-order valence-corrected chi connectivity index (χ4v) is 2.19. The monoisotopic (exact) mass is 335 g/mol. The fourth-order valence-electron chi connectivity index (χ4n) is 1.85. The van der Waals surface area contributed by atoms with Gasteiger partial charge in [-0.05, 0) is 53.4 Å². The molecule has 1 unspecified atom stereocenters. The molecule has 4 nitrogen and oxygen atoms in total. The van der Waals surface area contributed by atoms with Crippen molar-refractivity contribution in [2.45, 2.75) is 32.7 Å². The van der Waals surface area contributed by atoms with E-state index in [1.807, 2.05) is 19.2 Å². The van der Waals surface area contributed by atoms with Gasteiger partial charge in [-0.3, -0.25) is 4.98 Å². The molecule has 2 aromatic rings. The van der Waals surface area contributed by atoms with Crippen molar-refractivity contribution in [3.05, 3.63) is 46.3 Å². The number of hydrogen-bond donors (Lipinski definition) is 1. The Balaban J connectivity index is 2.13. The van der Waals surface area contributed by atoms with Crippen LogP contribution in [0, 0.1) is 6.92 Å². The maximum Gasteiger partial charge on any atom is 0.222 e. The Morgan fingerprint density at radius 3 is 2.75 bits per heavy atom. The summed E-state index contributed by atoms with van der Waals surface area (Å²) in [6.45, 7) is 4.07. The summed E-state index contributed by atoms with van der Waals surface area (Å²) >= 11 is 3.36. The highest BCUT2D eigenvalue weighted by molar-refractivity contribution is 9.10. The average molecular weight is 336 g/mol. The Bertz CT molecular complexity index is 589. The highest BCUT2D eigenvalue weighted by Crippen LogP contribution is 2.25. The summed E-state index contributed by atoms with van der Waals surface area (Å²) in [5, 5.41) is 0. The van der Waals surface area contributed by atoms with Crippen LogP contribution < -0.4 is 10.5 Å². The van der Waals surface area contributed by atoms with Crippen molar-refractivity contribution in [3.63, 3.8) is 0 Å². The molecule has 0 aromatic carbocycles. The first-order chi connectivity index (χ1) is 9.58. The van der Waals surface area contributed by atoms with E-state index in [-0.39, 0.29) is 6.04 Å². The molecule has 0 saturated heterocycles. The molecule has 20 heavy (non-hydrogen) atoms. The van der Waals surface area contributed by atoms with Gasteiger partial charge in [0.2, 0.25) is 5.88 Å². The average Bonchev–Trinajstić information content (AvgIpc) is 2.42. The molecule has 0 aliphatic rings. The van der Waals surface area contributed by atoms with E-state index in [0.29, 0.717) is 11.6 Å². The molecule has 0 radical (unpaired) electrons. The van der Waals surface area contributed by atoms with Crippen molar-refractivity contribution in [3.8, 4) is 11.6 Å². The van der Waals surface area contributed by atoms with E-state index in [2.05, 4.69) is 38.9 Å². The number of aryl methyl sites for hydroxylation is 1. The number of nitrogens with two attached hydrogens (primary N) is 1. The molecule has 0 amide bonds. The Morgan fingerprint density at radius 1 is 1.30 bits per heavy atom. The SMILES string of the molecule is CCC(N)Cc1cnc(Oc2cncc(Br)c2)c(C)c1. The minimum Gasteiger partial charge on any atom is -0.437 e. The van der Waals surface area contributed by atoms with Crippen molar-refractivity contribution in [1.82, 2.24) is 9.97 Å². The number of hydrogen-bond acceptors (Lipinski definition) is 4. The van der Waals surface area contributed by atoms with E-state index in [9.17, 15) is 0 Å². The maximum absolute atomic E-state index is 5.96. The predicted octanol–water partition coefficient (Wildman–Crippen LogP) is 3.62. The minimum absolute atomic E-state index is 0.178. The molecule has 0 saturated carbocycles. The van der Waals surface area contributed by atoms with E-state index < -0.39 is 0 Å². The zero-order valence-corrected chi connectivity index (χ0v) is 13.2. The maximum atomic E-state index is 5.96. The molecule has 2 N–H and O–H groups in total. The summed E-state index contributed by atoms with van der Waals surface area (Å²) in [7, 11) is 0. The lowest BCUT2D eigenvalue weighted by Gasteiger charge is -2.11. The molecule has 0 aliphatic carbocycles. The molecule has 2 aromatic heterocycles. The quantitative estimate of drug-likeness (QED) is 0.906. The topological polar surface area (TPSA) is 61.0 Å². The van der Waals surface area contributed by atoms with Gasteiger partial charge in [0.15, 0.2) is 0 Å². The van der Waals surface area contributed by atoms with Crippen molar-refractivity contribution in [2.75, 3.05) is 0 Å². The van der Waals surface area contributed by atoms with Crippen LogP contribution >= 0.6 is 15.9 Å². The lowest BCUT2D eigenvalue weighted by atomic mass is 10.1. The van der Waals surface area contributed by atoms with Crippen LogP contribution in [0.2, 0.25) is 0 Å². The van der Waals surface area contributed by atoms with Crippen molar-refractivity contribution >= 4 is 15.9 Å². The normalized spacial score (nSPS) is 12.2. The van der Waals surface area contributed by atoms with Crippen LogP contribution in [-0.4, -0.2) is 16.0 Å². The molecular weight excluding hydrogens is 318 g/mol. The molecule has 0 fully saturated rings. The largest absolute Gasteiger partial charge is 0.437 e. The first kappa shape index (κ1) is 14.9. The van der Waals surface area contributed by atoms with Crippen LogP contribution in [0.4, 0.5) is 0 Å². The predicted molar refractivity (Wildman–Crippen MR) is 83.0 cm³/mol. The zero-order valence-electron chi connectivity index (χ0n) is 11.6. The van der Waals surface area contributed by atoms with Crippen LogP contribution in [0.3, 0.4) is 0 Å². The molecular formula is C15H18BrN3O. The zero-order chi connectivity index (χ0) is 14.5. The van der Waals surface area contributed by atoms with E-state index in [1.54, 1.807) is 12.4 Å². The Kier molecular flexibility index (Phi) is 5.09. The Hall–Kier alpha value is -1.46. The highest BCUT2D eigenvalue weighted by Gasteiger charge is 2.07. The molecule has 2 heterocycles. The van der Waals surface area contributed by atoms with Gasteiger partial charge >= 0.3 is 0 Å². The van der Waals surface area contributed by atoms with Crippen molar-refractivity contribution in [1.29, 1.82) is 0 Å². The molecule has 106 valence electrons. The summed E-state index contributed by atoms with van der Waals surface area (Å²) in [6, 6.07) is 4.11. The van der Waals surface area contributed by atoms with Gasteiger partial charge in [-0.1, -0.05) is 6.92 Å². The van der Waals surface area contributed by atoms with Gasteiger partial charge in [0, 0.05) is 28.5 Å². The number of rotatable bonds is 5. The minimum atomic E-state index is 0.178. The fraction of sp³-hybridized carbons (Fsp3) is 0.333. The molecule has 5 heteroatoms. The number of nitrogens with zero attached hydrogens (tertiary/aromatic N) is 2. The highest BCUT2D eigenvalue weighted by atomic mass is 79.9. The lowest BCUT2D eigenvalue weighted by Crippen LogP contribution is -2.21. The van der Waals surface area contributed by atoms with Crippen molar-refractivity contribution in [2.24, 2.45) is 5.73 Å². The molecule has 0 spiro atoms. The van der Waals surface area contributed by atoms with Crippen LogP contribution in [0.5, 0.6) is 11.6 Å². The number of ether oxygens (including phenoxy) is 1. The van der Waals surface area contributed by atoms with Gasteiger partial charge in [0.1, 0.15) is 5.75 Å². The van der Waals surface area contributed by atoms with Gasteiger partial charge < -0.3 is 10.5 Å². The second kappa shape index (κ2) is 6.81. The smallest absolute Gasteiger partial charge is 0.222 e. The Labute approximate surface area is 127 Å². The number of halogens is 1. The summed E-state index contributed by atoms with van der Waals surface area (Å²) < 4.78 is 6.61. The molecule has 0 bridgehead atoms. The van der Waals surface area contributed by atoms with Crippen LogP contribution in [0.1, 0.15) is 24.5 Å². The van der Waals surface area contributed by atoms with Crippen LogP contribution in [0.25, 0.3) is 0 Å². The second-order valence-electron chi connectivity index (χ2n) is 4.78. The van der Waals surface area contributed by atoms with E-state index in [4.69, 9.17) is 10.5 Å². The summed E-state index contributed by atoms with van der Waals surface area (Å²) in [6.07, 6.45) is 6.99. The first-order valence-electron chi connectivity index (χ1n) is 6.58. The summed E-state index contributed by atoms with van der Waals surface area (Å²) in [4.78, 5) is 8.43. The van der Waals surface area contributed by atoms with Gasteiger partial charge in [-0.2, -0.15) is 0 Å². The van der Waals surface area contributed by atoms with Crippen molar-refractivity contribution < 1.29 is 4.74 Å². The van der Waals surface area contributed by atoms with Gasteiger partial charge in [0.25, 0.3) is 0 Å². The van der Waals surface area contributed by atoms with Gasteiger partial charge in [-0.25, -0.2) is 4.98 Å². The summed E-state index contributed by atoms with van der Waals surface area (Å²) in [5.41, 5.74) is 8.09. The third kappa shape index (κ3) is 4.02. The number of pyridine rings is 2. The van der Waals surface area contributed by atoms with Crippen LogP contribution in [-0.2, 0) is 6.42 Å². The molecule has 0 aliphatic heterocycles. The van der Waals surface area contributed by atoms with Gasteiger partial charge in [0.05, 0.1) is 6.20 Å². The molecule has 1 atom stereocenters. The van der Waals surface area contributed by atoms with Gasteiger partial charge in [-0.15, -0.1) is 0 Å². The van der Waals surface area contributed by atoms with E-state index in [1.165, 1.54) is 0 Å². The third-order valence-electron chi connectivity index (χ3n) is 3.00. The lowest BCUT2D eigenvalue weighted by molar-refractivity contribution is 0.455. The summed E-state index contributed by atoms with van der Waals surface area (Å²) in [5.74, 6) is 1.26. The first-order valence-corrected chi connectivity index (χ1v) is 7.37. The van der Waals surface area contributed by atoms with E-state index >= 15 is 0 Å². The third-order valence-corrected chi connectivity index (χ3v) is 3.44. The Morgan fingerprint density at radius 2 is 2.10 bits per heavy atom. The van der Waals surface area contributed by atoms with Crippen LogP contribution in [0.15, 0.2) is 35.2 Å². The standard InChI is InChI=1S/C15H18BrN3O/c1-3-13(17)5-11-4-10(2)15(19-7-11)20-14-6-12(16)8-18-9-14/h4,6-9,13H,3,5,17H2,1-2H3.